The number of thiazole rings is 1. The van der Waals surface area contributed by atoms with Crippen LogP contribution in [0.25, 0.3) is 11.3 Å². The Hall–Kier alpha value is -3.06. The van der Waals surface area contributed by atoms with Crippen LogP contribution in [0.3, 0.4) is 0 Å². The van der Waals surface area contributed by atoms with Crippen LogP contribution in [0.15, 0.2) is 53.9 Å². The van der Waals surface area contributed by atoms with Crippen LogP contribution in [0, 0.1) is 0 Å². The molecular weight excluding hydrogens is 352 g/mol. The maximum Gasteiger partial charge on any atom is 0.270 e. The number of rotatable bonds is 4. The average Bonchev–Trinajstić information content (AvgIpc) is 3.16. The molecule has 4 rings (SSSR count). The van der Waals surface area contributed by atoms with Crippen molar-refractivity contribution in [2.75, 3.05) is 19.0 Å². The van der Waals surface area contributed by atoms with E-state index in [0.29, 0.717) is 16.6 Å². The van der Waals surface area contributed by atoms with E-state index < -0.39 is 6.10 Å². The molecule has 7 heteroatoms. The van der Waals surface area contributed by atoms with Gasteiger partial charge in [0.15, 0.2) is 16.6 Å². The van der Waals surface area contributed by atoms with Crippen LogP contribution >= 0.6 is 11.3 Å². The molecule has 1 atom stereocenters. The van der Waals surface area contributed by atoms with Crippen molar-refractivity contribution in [1.29, 1.82) is 0 Å². The molecule has 0 radical (unpaired) electrons. The van der Waals surface area contributed by atoms with Crippen LogP contribution in [0.5, 0.6) is 17.2 Å². The van der Waals surface area contributed by atoms with Gasteiger partial charge in [0.1, 0.15) is 12.4 Å². The highest BCUT2D eigenvalue weighted by atomic mass is 32.1. The molecule has 2 heterocycles. The molecule has 0 bridgehead atoms. The number of carbonyl (C=O) groups is 1. The van der Waals surface area contributed by atoms with Gasteiger partial charge in [-0.3, -0.25) is 10.1 Å². The van der Waals surface area contributed by atoms with Crippen molar-refractivity contribution < 1.29 is 19.0 Å². The van der Waals surface area contributed by atoms with Crippen molar-refractivity contribution in [3.05, 3.63) is 53.9 Å². The largest absolute Gasteiger partial charge is 0.497 e. The molecule has 0 saturated carbocycles. The number of methoxy groups -OCH3 is 1. The number of hydrogen-bond donors (Lipinski definition) is 1. The fourth-order valence-corrected chi connectivity index (χ4v) is 3.28. The minimum absolute atomic E-state index is 0.166. The Kier molecular flexibility index (Phi) is 4.45. The van der Waals surface area contributed by atoms with Crippen LogP contribution in [-0.4, -0.2) is 30.7 Å². The molecule has 1 amide bonds. The first-order valence-electron chi connectivity index (χ1n) is 8.02. The number of benzene rings is 2. The third-order valence-electron chi connectivity index (χ3n) is 3.92. The summed E-state index contributed by atoms with van der Waals surface area (Å²) in [6.07, 6.45) is -0.710. The van der Waals surface area contributed by atoms with Gasteiger partial charge in [0.2, 0.25) is 6.10 Å². The smallest absolute Gasteiger partial charge is 0.270 e. The Bertz CT molecular complexity index is 923. The number of para-hydroxylation sites is 2. The van der Waals surface area contributed by atoms with E-state index >= 15 is 0 Å². The number of aromatic nitrogens is 1. The lowest BCUT2D eigenvalue weighted by Gasteiger charge is -2.25. The van der Waals surface area contributed by atoms with E-state index in [1.54, 1.807) is 13.2 Å². The van der Waals surface area contributed by atoms with E-state index in [1.807, 2.05) is 47.8 Å². The van der Waals surface area contributed by atoms with Gasteiger partial charge in [0.25, 0.3) is 5.91 Å². The summed E-state index contributed by atoms with van der Waals surface area (Å²) < 4.78 is 16.4. The lowest BCUT2D eigenvalue weighted by atomic mass is 10.2. The second kappa shape index (κ2) is 7.05. The third-order valence-corrected chi connectivity index (χ3v) is 4.68. The SMILES string of the molecule is COc1ccc(-c2csc(NC(=O)[C@H]3COc4ccccc4O3)n2)cc1. The fourth-order valence-electron chi connectivity index (χ4n) is 2.56. The van der Waals surface area contributed by atoms with Crippen molar-refractivity contribution in [2.24, 2.45) is 0 Å². The summed E-state index contributed by atoms with van der Waals surface area (Å²) in [6, 6.07) is 14.9. The van der Waals surface area contributed by atoms with Crippen LogP contribution in [0.1, 0.15) is 0 Å². The van der Waals surface area contributed by atoms with Gasteiger partial charge in [-0.25, -0.2) is 4.98 Å². The van der Waals surface area contributed by atoms with Crippen LogP contribution in [0.2, 0.25) is 0 Å². The zero-order valence-corrected chi connectivity index (χ0v) is 14.8. The predicted octanol–water partition coefficient (Wildman–Crippen LogP) is 3.60. The topological polar surface area (TPSA) is 69.7 Å². The third kappa shape index (κ3) is 3.34. The van der Waals surface area contributed by atoms with Crippen molar-refractivity contribution >= 4 is 22.4 Å². The number of nitrogens with zero attached hydrogens (tertiary/aromatic N) is 1. The highest BCUT2D eigenvalue weighted by molar-refractivity contribution is 7.14. The maximum atomic E-state index is 12.4. The minimum Gasteiger partial charge on any atom is -0.497 e. The van der Waals surface area contributed by atoms with Crippen molar-refractivity contribution in [1.82, 2.24) is 4.98 Å². The molecule has 0 aliphatic carbocycles. The predicted molar refractivity (Wildman–Crippen MR) is 99.1 cm³/mol. The number of carbonyl (C=O) groups excluding carboxylic acids is 1. The maximum absolute atomic E-state index is 12.4. The Morgan fingerprint density at radius 1 is 1.19 bits per heavy atom. The summed E-state index contributed by atoms with van der Waals surface area (Å²) in [5.74, 6) is 1.71. The quantitative estimate of drug-likeness (QED) is 0.762. The van der Waals surface area contributed by atoms with Crippen molar-refractivity contribution in [3.8, 4) is 28.5 Å². The molecule has 0 saturated heterocycles. The molecule has 0 fully saturated rings. The van der Waals surface area contributed by atoms with Gasteiger partial charge in [0.05, 0.1) is 12.8 Å². The van der Waals surface area contributed by atoms with Gasteiger partial charge >= 0.3 is 0 Å². The van der Waals surface area contributed by atoms with E-state index in [2.05, 4.69) is 10.3 Å². The number of anilines is 1. The first-order valence-corrected chi connectivity index (χ1v) is 8.90. The first kappa shape index (κ1) is 16.4. The molecule has 2 aromatic carbocycles. The Balaban J connectivity index is 1.43. The van der Waals surface area contributed by atoms with Gasteiger partial charge in [-0.1, -0.05) is 12.1 Å². The number of amides is 1. The number of hydrogen-bond acceptors (Lipinski definition) is 6. The summed E-state index contributed by atoms with van der Waals surface area (Å²) in [7, 11) is 1.63. The molecule has 3 aromatic rings. The van der Waals surface area contributed by atoms with Gasteiger partial charge in [0, 0.05) is 10.9 Å². The van der Waals surface area contributed by atoms with E-state index in [9.17, 15) is 4.79 Å². The lowest BCUT2D eigenvalue weighted by molar-refractivity contribution is -0.125. The van der Waals surface area contributed by atoms with Gasteiger partial charge in [-0.2, -0.15) is 0 Å². The first-order chi connectivity index (χ1) is 12.7. The standard InChI is InChI=1S/C19H16N2O4S/c1-23-13-8-6-12(7-9-13)14-11-26-19(20-14)21-18(22)17-10-24-15-4-2-3-5-16(15)25-17/h2-9,11,17H,10H2,1H3,(H,20,21,22)/t17-/m1/s1. The highest BCUT2D eigenvalue weighted by Crippen LogP contribution is 2.31. The molecule has 0 spiro atoms. The molecule has 1 aromatic heterocycles. The normalized spacial score (nSPS) is 15.3. The molecular formula is C19H16N2O4S. The van der Waals surface area contributed by atoms with Gasteiger partial charge in [-0.15, -0.1) is 11.3 Å². The van der Waals surface area contributed by atoms with E-state index in [-0.39, 0.29) is 12.5 Å². The zero-order chi connectivity index (χ0) is 17.9. The number of nitrogens with one attached hydrogen (secondary N) is 1. The number of fused-ring (bicyclic) bond motifs is 1. The van der Waals surface area contributed by atoms with E-state index in [4.69, 9.17) is 14.2 Å². The molecule has 0 unspecified atom stereocenters. The zero-order valence-electron chi connectivity index (χ0n) is 14.0. The summed E-state index contributed by atoms with van der Waals surface area (Å²) >= 11 is 1.36. The average molecular weight is 368 g/mol. The Labute approximate surface area is 154 Å². The van der Waals surface area contributed by atoms with Crippen LogP contribution < -0.4 is 19.5 Å². The molecule has 26 heavy (non-hydrogen) atoms. The summed E-state index contributed by atoms with van der Waals surface area (Å²) in [6.45, 7) is 0.166. The summed E-state index contributed by atoms with van der Waals surface area (Å²) in [5.41, 5.74) is 1.74. The van der Waals surface area contributed by atoms with Crippen LogP contribution in [-0.2, 0) is 4.79 Å². The fraction of sp³-hybridized carbons (Fsp3) is 0.158. The van der Waals surface area contributed by atoms with E-state index in [0.717, 1.165) is 17.0 Å². The van der Waals surface area contributed by atoms with E-state index in [1.165, 1.54) is 11.3 Å². The molecule has 6 nitrogen and oxygen atoms in total. The van der Waals surface area contributed by atoms with Crippen LogP contribution in [0.4, 0.5) is 5.13 Å². The minimum atomic E-state index is -0.710. The lowest BCUT2D eigenvalue weighted by Crippen LogP contribution is -2.40. The Morgan fingerprint density at radius 2 is 1.96 bits per heavy atom. The monoisotopic (exact) mass is 368 g/mol. The summed E-state index contributed by atoms with van der Waals surface area (Å²) in [5, 5.41) is 5.20. The molecule has 1 aliphatic heterocycles. The highest BCUT2D eigenvalue weighted by Gasteiger charge is 2.27. The van der Waals surface area contributed by atoms with Crippen molar-refractivity contribution in [3.63, 3.8) is 0 Å². The molecule has 1 N–H and O–H groups in total. The second-order valence-corrected chi connectivity index (χ2v) is 6.48. The number of ether oxygens (including phenoxy) is 3. The van der Waals surface area contributed by atoms with Crippen molar-refractivity contribution in [2.45, 2.75) is 6.10 Å². The summed E-state index contributed by atoms with van der Waals surface area (Å²) in [4.78, 5) is 16.9. The second-order valence-electron chi connectivity index (χ2n) is 5.62. The van der Waals surface area contributed by atoms with Gasteiger partial charge < -0.3 is 14.2 Å². The van der Waals surface area contributed by atoms with Gasteiger partial charge in [-0.05, 0) is 36.4 Å². The molecule has 1 aliphatic rings. The Morgan fingerprint density at radius 3 is 2.73 bits per heavy atom. The molecule has 132 valence electrons.